The van der Waals surface area contributed by atoms with E-state index < -0.39 is 20.8 Å². The normalized spacial score (nSPS) is 11.5. The molecule has 0 aliphatic carbocycles. The Morgan fingerprint density at radius 3 is 2.14 bits per heavy atom. The molecule has 2 rings (SSSR count). The van der Waals surface area contributed by atoms with Gasteiger partial charge in [0.1, 0.15) is 10.6 Å². The second-order valence-electron chi connectivity index (χ2n) is 4.96. The molecule has 0 amide bonds. The van der Waals surface area contributed by atoms with E-state index in [4.69, 9.17) is 4.55 Å². The molecule has 0 aliphatic rings. The van der Waals surface area contributed by atoms with Crippen LogP contribution >= 0.6 is 0 Å². The Bertz CT molecular complexity index is 718. The van der Waals surface area contributed by atoms with E-state index in [1.807, 2.05) is 24.3 Å². The quantitative estimate of drug-likeness (QED) is 0.827. The largest absolute Gasteiger partial charge is 0.506 e. The lowest BCUT2D eigenvalue weighted by Gasteiger charge is -2.07. The van der Waals surface area contributed by atoms with Crippen LogP contribution in [0.1, 0.15) is 25.3 Å². The zero-order chi connectivity index (χ0) is 15.5. The number of phenolic OH excluding ortho intramolecular Hbond substituents is 1. The van der Waals surface area contributed by atoms with E-state index in [2.05, 4.69) is 6.92 Å². The number of rotatable bonds is 5. The maximum absolute atomic E-state index is 11.0. The fraction of sp³-hybridized carbons (Fsp3) is 0.250. The van der Waals surface area contributed by atoms with Gasteiger partial charge in [-0.1, -0.05) is 43.7 Å². The summed E-state index contributed by atoms with van der Waals surface area (Å²) < 4.78 is 31.0. The Hall–Kier alpha value is -1.85. The topological polar surface area (TPSA) is 74.6 Å². The summed E-state index contributed by atoms with van der Waals surface area (Å²) >= 11 is 0. The fourth-order valence-corrected chi connectivity index (χ4v) is 2.72. The Kier molecular flexibility index (Phi) is 4.65. The Morgan fingerprint density at radius 1 is 1.00 bits per heavy atom. The number of benzene rings is 2. The van der Waals surface area contributed by atoms with Crippen molar-refractivity contribution >= 4 is 10.1 Å². The van der Waals surface area contributed by atoms with Crippen molar-refractivity contribution in [3.8, 4) is 16.9 Å². The molecule has 0 unspecified atom stereocenters. The molecule has 0 saturated carbocycles. The van der Waals surface area contributed by atoms with E-state index in [1.54, 1.807) is 6.07 Å². The Labute approximate surface area is 124 Å². The van der Waals surface area contributed by atoms with Gasteiger partial charge in [0.25, 0.3) is 10.1 Å². The third-order valence-electron chi connectivity index (χ3n) is 3.34. The molecule has 21 heavy (non-hydrogen) atoms. The standard InChI is InChI=1S/C16H18O4S/c1-2-3-4-12-5-7-13(8-6-12)14-9-10-16(15(17)11-14)21(18,19)20/h5-11,17H,2-4H2,1H3,(H,18,19,20). The minimum absolute atomic E-state index is 0.454. The van der Waals surface area contributed by atoms with Gasteiger partial charge in [-0.05, 0) is 41.7 Å². The van der Waals surface area contributed by atoms with Crippen molar-refractivity contribution in [2.45, 2.75) is 31.1 Å². The van der Waals surface area contributed by atoms with Crippen LogP contribution in [0.5, 0.6) is 5.75 Å². The number of aromatic hydroxyl groups is 1. The van der Waals surface area contributed by atoms with Crippen molar-refractivity contribution < 1.29 is 18.1 Å². The minimum Gasteiger partial charge on any atom is -0.506 e. The first kappa shape index (κ1) is 15.5. The van der Waals surface area contributed by atoms with Gasteiger partial charge in [0, 0.05) is 0 Å². The second-order valence-corrected chi connectivity index (χ2v) is 6.35. The molecule has 0 fully saturated rings. The summed E-state index contributed by atoms with van der Waals surface area (Å²) in [5.41, 5.74) is 2.83. The van der Waals surface area contributed by atoms with Crippen molar-refractivity contribution in [1.29, 1.82) is 0 Å². The molecule has 0 atom stereocenters. The van der Waals surface area contributed by atoms with E-state index in [9.17, 15) is 13.5 Å². The molecule has 0 saturated heterocycles. The molecule has 2 aromatic rings. The van der Waals surface area contributed by atoms with E-state index in [0.29, 0.717) is 5.56 Å². The van der Waals surface area contributed by atoms with Gasteiger partial charge in [0.15, 0.2) is 0 Å². The van der Waals surface area contributed by atoms with Crippen molar-refractivity contribution in [1.82, 2.24) is 0 Å². The molecule has 0 aromatic heterocycles. The maximum atomic E-state index is 11.0. The van der Waals surface area contributed by atoms with Crippen molar-refractivity contribution in [3.05, 3.63) is 48.0 Å². The van der Waals surface area contributed by atoms with E-state index >= 15 is 0 Å². The van der Waals surface area contributed by atoms with Gasteiger partial charge in [-0.25, -0.2) is 0 Å². The van der Waals surface area contributed by atoms with E-state index in [-0.39, 0.29) is 0 Å². The lowest BCUT2D eigenvalue weighted by atomic mass is 10.0. The van der Waals surface area contributed by atoms with Crippen molar-refractivity contribution in [2.24, 2.45) is 0 Å². The van der Waals surface area contributed by atoms with Crippen LogP contribution in [0.4, 0.5) is 0 Å². The van der Waals surface area contributed by atoms with Crippen LogP contribution in [0.2, 0.25) is 0 Å². The van der Waals surface area contributed by atoms with Gasteiger partial charge in [-0.2, -0.15) is 8.42 Å². The van der Waals surface area contributed by atoms with E-state index in [1.165, 1.54) is 17.7 Å². The summed E-state index contributed by atoms with van der Waals surface area (Å²) in [6.45, 7) is 2.15. The van der Waals surface area contributed by atoms with Crippen LogP contribution in [-0.2, 0) is 16.5 Å². The number of unbranched alkanes of at least 4 members (excludes halogenated alkanes) is 1. The highest BCUT2D eigenvalue weighted by atomic mass is 32.2. The van der Waals surface area contributed by atoms with Crippen molar-refractivity contribution in [3.63, 3.8) is 0 Å². The molecule has 0 bridgehead atoms. The summed E-state index contributed by atoms with van der Waals surface area (Å²) in [4.78, 5) is -0.481. The molecule has 2 N–H and O–H groups in total. The third kappa shape index (κ3) is 3.83. The number of hydrogen-bond acceptors (Lipinski definition) is 3. The van der Waals surface area contributed by atoms with Gasteiger partial charge >= 0.3 is 0 Å². The smallest absolute Gasteiger partial charge is 0.298 e. The molecule has 4 nitrogen and oxygen atoms in total. The molecule has 0 radical (unpaired) electrons. The Morgan fingerprint density at radius 2 is 1.62 bits per heavy atom. The summed E-state index contributed by atoms with van der Waals surface area (Å²) in [6, 6.07) is 12.0. The number of hydrogen-bond donors (Lipinski definition) is 2. The van der Waals surface area contributed by atoms with E-state index in [0.717, 1.165) is 24.8 Å². The van der Waals surface area contributed by atoms with Gasteiger partial charge in [-0.3, -0.25) is 4.55 Å². The molecule has 112 valence electrons. The van der Waals surface area contributed by atoms with Crippen LogP contribution in [0, 0.1) is 0 Å². The van der Waals surface area contributed by atoms with Crippen LogP contribution in [-0.4, -0.2) is 18.1 Å². The lowest BCUT2D eigenvalue weighted by molar-refractivity contribution is 0.443. The lowest BCUT2D eigenvalue weighted by Crippen LogP contribution is -1.98. The maximum Gasteiger partial charge on any atom is 0.298 e. The highest BCUT2D eigenvalue weighted by Crippen LogP contribution is 2.29. The second kappa shape index (κ2) is 6.28. The van der Waals surface area contributed by atoms with Crippen LogP contribution < -0.4 is 0 Å². The molecule has 5 heteroatoms. The monoisotopic (exact) mass is 306 g/mol. The van der Waals surface area contributed by atoms with Crippen molar-refractivity contribution in [2.75, 3.05) is 0 Å². The zero-order valence-corrected chi connectivity index (χ0v) is 12.6. The van der Waals surface area contributed by atoms with Gasteiger partial charge in [-0.15, -0.1) is 0 Å². The van der Waals surface area contributed by atoms with Crippen LogP contribution in [0.25, 0.3) is 11.1 Å². The molecular formula is C16H18O4S. The number of phenols is 1. The SMILES string of the molecule is CCCCc1ccc(-c2ccc(S(=O)(=O)O)c(O)c2)cc1. The first-order valence-corrected chi connectivity index (χ1v) is 8.25. The number of aryl methyl sites for hydroxylation is 1. The molecule has 0 aliphatic heterocycles. The zero-order valence-electron chi connectivity index (χ0n) is 11.8. The summed E-state index contributed by atoms with van der Waals surface area (Å²) in [5, 5.41) is 9.72. The van der Waals surface area contributed by atoms with Gasteiger partial charge in [0.2, 0.25) is 0 Å². The average Bonchev–Trinajstić information content (AvgIpc) is 2.44. The summed E-state index contributed by atoms with van der Waals surface area (Å²) in [5.74, 6) is -0.454. The summed E-state index contributed by atoms with van der Waals surface area (Å²) in [6.07, 6.45) is 3.32. The highest BCUT2D eigenvalue weighted by Gasteiger charge is 2.15. The average molecular weight is 306 g/mol. The first-order chi connectivity index (χ1) is 9.91. The third-order valence-corrected chi connectivity index (χ3v) is 4.24. The Balaban J connectivity index is 2.28. The highest BCUT2D eigenvalue weighted by molar-refractivity contribution is 7.86. The first-order valence-electron chi connectivity index (χ1n) is 6.81. The molecule has 0 heterocycles. The fourth-order valence-electron chi connectivity index (χ4n) is 2.16. The minimum atomic E-state index is -4.40. The van der Waals surface area contributed by atoms with Crippen LogP contribution in [0.3, 0.4) is 0 Å². The predicted octanol–water partition coefficient (Wildman–Crippen LogP) is 3.65. The van der Waals surface area contributed by atoms with Gasteiger partial charge < -0.3 is 5.11 Å². The van der Waals surface area contributed by atoms with Gasteiger partial charge in [0.05, 0.1) is 0 Å². The molecule has 0 spiro atoms. The molecule has 2 aromatic carbocycles. The molecular weight excluding hydrogens is 288 g/mol. The predicted molar refractivity (Wildman–Crippen MR) is 82.0 cm³/mol. The summed E-state index contributed by atoms with van der Waals surface area (Å²) in [7, 11) is -4.40. The van der Waals surface area contributed by atoms with Crippen LogP contribution in [0.15, 0.2) is 47.4 Å².